The molecule has 2 amide bonds. The van der Waals surface area contributed by atoms with Crippen LogP contribution in [0.2, 0.25) is 0 Å². The van der Waals surface area contributed by atoms with Crippen LogP contribution in [0.1, 0.15) is 26.3 Å². The fraction of sp³-hybridized carbons (Fsp3) is 0.179. The standard InChI is InChI=1S/C28H23N5O7/c1-39-22-8-3-2-7-21(22)32-25(35)19(24(34)30-28(32)38)15-29-33-26(36)17-6-4-5-16-20(31-11-13-40-14-12-31)10-9-18(23(16)17)27(33)37/h2-10,15,35H,11-14H2,1H3,(H,30,34,38). The maximum Gasteiger partial charge on any atom is 0.335 e. The number of anilines is 1. The second-order valence-electron chi connectivity index (χ2n) is 9.13. The number of ether oxygens (including phenoxy) is 2. The number of methoxy groups -OCH3 is 1. The molecule has 0 saturated carbocycles. The molecule has 6 rings (SSSR count). The SMILES string of the molecule is COc1ccccc1-n1c(O)c(C=NN2C(=O)c3cccc4c(N5CCOCC5)ccc(c34)C2=O)c(=O)[nH]c1=O. The minimum atomic E-state index is -0.952. The van der Waals surface area contributed by atoms with E-state index >= 15 is 0 Å². The van der Waals surface area contributed by atoms with Crippen molar-refractivity contribution in [3.63, 3.8) is 0 Å². The van der Waals surface area contributed by atoms with E-state index in [1.165, 1.54) is 13.2 Å². The van der Waals surface area contributed by atoms with E-state index in [0.29, 0.717) is 36.7 Å². The minimum absolute atomic E-state index is 0.167. The third-order valence-corrected chi connectivity index (χ3v) is 6.96. The number of nitrogens with zero attached hydrogens (tertiary/aromatic N) is 4. The number of aromatic nitrogens is 2. The topological polar surface area (TPSA) is 147 Å². The van der Waals surface area contributed by atoms with Crippen LogP contribution in [0.4, 0.5) is 5.69 Å². The first-order chi connectivity index (χ1) is 19.4. The Bertz CT molecular complexity index is 1810. The van der Waals surface area contributed by atoms with Crippen molar-refractivity contribution in [3.05, 3.63) is 92.1 Å². The number of H-pyrrole nitrogens is 1. The molecule has 12 nitrogen and oxygen atoms in total. The number of amides is 2. The van der Waals surface area contributed by atoms with E-state index in [4.69, 9.17) is 9.47 Å². The second-order valence-corrected chi connectivity index (χ2v) is 9.13. The van der Waals surface area contributed by atoms with Crippen molar-refractivity contribution in [1.82, 2.24) is 14.6 Å². The Morgan fingerprint density at radius 1 is 0.925 bits per heavy atom. The van der Waals surface area contributed by atoms with E-state index in [1.807, 2.05) is 12.1 Å². The summed E-state index contributed by atoms with van der Waals surface area (Å²) in [6.07, 6.45) is 0.878. The molecule has 0 radical (unpaired) electrons. The molecule has 4 aromatic rings. The van der Waals surface area contributed by atoms with Gasteiger partial charge in [0.1, 0.15) is 11.3 Å². The first-order valence-corrected chi connectivity index (χ1v) is 12.4. The summed E-state index contributed by atoms with van der Waals surface area (Å²) in [6.45, 7) is 2.54. The predicted molar refractivity (Wildman–Crippen MR) is 146 cm³/mol. The smallest absolute Gasteiger partial charge is 0.335 e. The lowest BCUT2D eigenvalue weighted by molar-refractivity contribution is 0.0616. The van der Waals surface area contributed by atoms with Crippen LogP contribution in [0.15, 0.2) is 69.3 Å². The Balaban J connectivity index is 1.41. The van der Waals surface area contributed by atoms with E-state index < -0.39 is 34.5 Å². The molecule has 2 aliphatic heterocycles. The number of aromatic amines is 1. The summed E-state index contributed by atoms with van der Waals surface area (Å²) in [5.41, 5.74) is -0.680. The molecule has 1 fully saturated rings. The number of carbonyl (C=O) groups is 2. The summed E-state index contributed by atoms with van der Waals surface area (Å²) in [5, 5.41) is 16.8. The Morgan fingerprint density at radius 2 is 1.65 bits per heavy atom. The van der Waals surface area contributed by atoms with Crippen molar-refractivity contribution in [2.75, 3.05) is 38.3 Å². The largest absolute Gasteiger partial charge is 0.495 e. The van der Waals surface area contributed by atoms with E-state index in [-0.39, 0.29) is 22.6 Å². The zero-order valence-corrected chi connectivity index (χ0v) is 21.3. The lowest BCUT2D eigenvalue weighted by Crippen LogP contribution is -2.38. The van der Waals surface area contributed by atoms with Crippen LogP contribution in [-0.4, -0.2) is 71.1 Å². The monoisotopic (exact) mass is 541 g/mol. The summed E-state index contributed by atoms with van der Waals surface area (Å²) < 4.78 is 11.6. The number of hydrogen-bond donors (Lipinski definition) is 2. The highest BCUT2D eigenvalue weighted by Gasteiger charge is 2.34. The molecule has 0 unspecified atom stereocenters. The number of imide groups is 1. The zero-order chi connectivity index (χ0) is 28.0. The number of carbonyl (C=O) groups excluding carboxylic acids is 2. The molecule has 2 aliphatic rings. The molecule has 12 heteroatoms. The van der Waals surface area contributed by atoms with E-state index in [1.54, 1.807) is 36.4 Å². The Kier molecular flexibility index (Phi) is 6.15. The maximum atomic E-state index is 13.5. The lowest BCUT2D eigenvalue weighted by atomic mass is 9.93. The van der Waals surface area contributed by atoms with Gasteiger partial charge in [-0.15, -0.1) is 0 Å². The maximum absolute atomic E-state index is 13.5. The quantitative estimate of drug-likeness (QED) is 0.288. The molecule has 202 valence electrons. The molecule has 0 atom stereocenters. The molecular formula is C28H23N5O7. The van der Waals surface area contributed by atoms with Gasteiger partial charge in [-0.1, -0.05) is 24.3 Å². The van der Waals surface area contributed by atoms with E-state index in [0.717, 1.165) is 21.9 Å². The van der Waals surface area contributed by atoms with Gasteiger partial charge < -0.3 is 19.5 Å². The fourth-order valence-electron chi connectivity index (χ4n) is 5.06. The lowest BCUT2D eigenvalue weighted by Gasteiger charge is -2.31. The molecule has 40 heavy (non-hydrogen) atoms. The average Bonchev–Trinajstić information content (AvgIpc) is 2.97. The molecule has 0 spiro atoms. The van der Waals surface area contributed by atoms with Crippen molar-refractivity contribution < 1.29 is 24.2 Å². The van der Waals surface area contributed by atoms with Gasteiger partial charge in [-0.05, 0) is 30.3 Å². The van der Waals surface area contributed by atoms with Gasteiger partial charge in [0.05, 0.1) is 43.4 Å². The molecule has 3 heterocycles. The second kappa shape index (κ2) is 9.82. The van der Waals surface area contributed by atoms with Crippen LogP contribution in [0.3, 0.4) is 0 Å². The van der Waals surface area contributed by atoms with Gasteiger partial charge in [0, 0.05) is 29.5 Å². The summed E-state index contributed by atoms with van der Waals surface area (Å²) in [4.78, 5) is 56.4. The third kappa shape index (κ3) is 3.93. The molecule has 2 N–H and O–H groups in total. The van der Waals surface area contributed by atoms with Gasteiger partial charge in [0.15, 0.2) is 0 Å². The van der Waals surface area contributed by atoms with Crippen molar-refractivity contribution in [2.45, 2.75) is 0 Å². The van der Waals surface area contributed by atoms with Gasteiger partial charge >= 0.3 is 5.69 Å². The van der Waals surface area contributed by atoms with Gasteiger partial charge in [-0.25, -0.2) is 9.36 Å². The number of aromatic hydroxyl groups is 1. The Labute approximate surface area is 226 Å². The van der Waals surface area contributed by atoms with Crippen LogP contribution in [-0.2, 0) is 4.74 Å². The van der Waals surface area contributed by atoms with Crippen molar-refractivity contribution in [3.8, 4) is 17.3 Å². The average molecular weight is 542 g/mol. The Hall–Kier alpha value is -5.23. The highest BCUT2D eigenvalue weighted by atomic mass is 16.5. The normalized spacial score (nSPS) is 15.3. The van der Waals surface area contributed by atoms with Crippen molar-refractivity contribution in [1.29, 1.82) is 0 Å². The summed E-state index contributed by atoms with van der Waals surface area (Å²) >= 11 is 0. The molecule has 0 aliphatic carbocycles. The number of hydrazone groups is 1. The molecular weight excluding hydrogens is 518 g/mol. The number of nitrogens with one attached hydrogen (secondary N) is 1. The number of morpholine rings is 1. The van der Waals surface area contributed by atoms with Crippen LogP contribution in [0.25, 0.3) is 16.5 Å². The van der Waals surface area contributed by atoms with Crippen LogP contribution in [0.5, 0.6) is 11.6 Å². The third-order valence-electron chi connectivity index (χ3n) is 6.96. The van der Waals surface area contributed by atoms with Crippen LogP contribution in [0, 0.1) is 0 Å². The highest BCUT2D eigenvalue weighted by Crippen LogP contribution is 2.36. The minimum Gasteiger partial charge on any atom is -0.495 e. The van der Waals surface area contributed by atoms with Gasteiger partial charge in [0.2, 0.25) is 5.88 Å². The van der Waals surface area contributed by atoms with Gasteiger partial charge in [0.25, 0.3) is 17.4 Å². The zero-order valence-electron chi connectivity index (χ0n) is 21.3. The first kappa shape index (κ1) is 25.1. The molecule has 3 aromatic carbocycles. The van der Waals surface area contributed by atoms with E-state index in [2.05, 4.69) is 15.0 Å². The van der Waals surface area contributed by atoms with Crippen LogP contribution < -0.4 is 20.9 Å². The molecule has 1 saturated heterocycles. The number of rotatable bonds is 5. The van der Waals surface area contributed by atoms with Crippen LogP contribution >= 0.6 is 0 Å². The van der Waals surface area contributed by atoms with E-state index in [9.17, 15) is 24.3 Å². The Morgan fingerprint density at radius 3 is 2.40 bits per heavy atom. The number of benzene rings is 3. The predicted octanol–water partition coefficient (Wildman–Crippen LogP) is 1.86. The summed E-state index contributed by atoms with van der Waals surface area (Å²) in [5.74, 6) is -1.85. The first-order valence-electron chi connectivity index (χ1n) is 12.4. The fourth-order valence-corrected chi connectivity index (χ4v) is 5.06. The number of hydrogen-bond acceptors (Lipinski definition) is 9. The summed E-state index contributed by atoms with van der Waals surface area (Å²) in [7, 11) is 1.39. The van der Waals surface area contributed by atoms with Crippen molar-refractivity contribution >= 4 is 34.5 Å². The van der Waals surface area contributed by atoms with Gasteiger partial charge in [-0.3, -0.25) is 19.4 Å². The summed E-state index contributed by atoms with van der Waals surface area (Å²) in [6, 6.07) is 15.1. The highest BCUT2D eigenvalue weighted by molar-refractivity contribution is 6.26. The number of para-hydroxylation sites is 2. The van der Waals surface area contributed by atoms with Gasteiger partial charge in [-0.2, -0.15) is 10.1 Å². The molecule has 0 bridgehead atoms. The molecule has 1 aromatic heterocycles. The van der Waals surface area contributed by atoms with Crippen molar-refractivity contribution in [2.24, 2.45) is 5.10 Å².